The molecule has 0 amide bonds. The number of hydrogen-bond acceptors (Lipinski definition) is 4. The van der Waals surface area contributed by atoms with Crippen LogP contribution in [0.15, 0.2) is 44.3 Å². The van der Waals surface area contributed by atoms with E-state index in [0.717, 1.165) is 15.8 Å². The zero-order chi connectivity index (χ0) is 15.5. The number of rotatable bonds is 6. The number of sulfonamides is 1. The zero-order valence-corrected chi connectivity index (χ0v) is 14.0. The van der Waals surface area contributed by atoms with Gasteiger partial charge in [0, 0.05) is 24.0 Å². The van der Waals surface area contributed by atoms with Crippen LogP contribution < -0.4 is 10.5 Å². The lowest BCUT2D eigenvalue weighted by Gasteiger charge is -2.12. The van der Waals surface area contributed by atoms with Crippen LogP contribution >= 0.6 is 15.9 Å². The highest BCUT2D eigenvalue weighted by molar-refractivity contribution is 9.10. The van der Waals surface area contributed by atoms with Gasteiger partial charge in [0.25, 0.3) is 0 Å². The van der Waals surface area contributed by atoms with Crippen LogP contribution in [0.1, 0.15) is 16.9 Å². The lowest BCUT2D eigenvalue weighted by Crippen LogP contribution is -2.27. The minimum atomic E-state index is -3.58. The summed E-state index contributed by atoms with van der Waals surface area (Å²) in [6, 6.07) is 7.02. The quantitative estimate of drug-likeness (QED) is 0.814. The van der Waals surface area contributed by atoms with Gasteiger partial charge in [0.15, 0.2) is 0 Å². The van der Waals surface area contributed by atoms with Gasteiger partial charge >= 0.3 is 0 Å². The molecular formula is C14H17BrN2O3S. The van der Waals surface area contributed by atoms with Gasteiger partial charge in [0.1, 0.15) is 5.76 Å². The minimum Gasteiger partial charge on any atom is -0.469 e. The Labute approximate surface area is 132 Å². The van der Waals surface area contributed by atoms with E-state index < -0.39 is 10.0 Å². The van der Waals surface area contributed by atoms with Gasteiger partial charge in [0.05, 0.1) is 11.2 Å². The Kier molecular flexibility index (Phi) is 5.21. The average Bonchev–Trinajstić information content (AvgIpc) is 2.94. The smallest absolute Gasteiger partial charge is 0.240 e. The van der Waals surface area contributed by atoms with E-state index in [2.05, 4.69) is 20.7 Å². The van der Waals surface area contributed by atoms with Gasteiger partial charge in [-0.1, -0.05) is 15.9 Å². The first-order valence-electron chi connectivity index (χ1n) is 6.45. The molecule has 0 aliphatic heterocycles. The number of halogens is 1. The first-order chi connectivity index (χ1) is 9.94. The van der Waals surface area contributed by atoms with Crippen molar-refractivity contribution in [1.82, 2.24) is 4.72 Å². The van der Waals surface area contributed by atoms with Gasteiger partial charge < -0.3 is 10.2 Å². The van der Waals surface area contributed by atoms with Crippen molar-refractivity contribution >= 4 is 26.0 Å². The standard InChI is InChI=1S/C14H17BrN2O3S/c1-10-13(15)7-11(9-16)8-14(10)21(18,19)17-5-4-12-3-2-6-20-12/h2-3,6-8,17H,4-5,9,16H2,1H3. The van der Waals surface area contributed by atoms with Gasteiger partial charge in [0.2, 0.25) is 10.0 Å². The molecule has 0 spiro atoms. The second-order valence-corrected chi connectivity index (χ2v) is 7.22. The lowest BCUT2D eigenvalue weighted by molar-refractivity contribution is 0.506. The highest BCUT2D eigenvalue weighted by Crippen LogP contribution is 2.25. The van der Waals surface area contributed by atoms with E-state index in [1.807, 2.05) is 12.1 Å². The largest absolute Gasteiger partial charge is 0.469 e. The molecule has 0 fully saturated rings. The van der Waals surface area contributed by atoms with E-state index in [1.165, 1.54) is 0 Å². The summed E-state index contributed by atoms with van der Waals surface area (Å²) in [6.45, 7) is 2.32. The molecule has 0 bridgehead atoms. The third-order valence-electron chi connectivity index (χ3n) is 3.13. The maximum atomic E-state index is 12.4. The maximum Gasteiger partial charge on any atom is 0.240 e. The number of hydrogen-bond donors (Lipinski definition) is 2. The summed E-state index contributed by atoms with van der Waals surface area (Å²) in [5.74, 6) is 0.742. The Hall–Kier alpha value is -1.15. The molecule has 7 heteroatoms. The molecule has 1 aromatic carbocycles. The average molecular weight is 373 g/mol. The molecule has 114 valence electrons. The van der Waals surface area contributed by atoms with E-state index in [0.29, 0.717) is 12.0 Å². The summed E-state index contributed by atoms with van der Waals surface area (Å²) in [7, 11) is -3.58. The number of nitrogens with one attached hydrogen (secondary N) is 1. The van der Waals surface area contributed by atoms with Gasteiger partial charge in [-0.25, -0.2) is 13.1 Å². The van der Waals surface area contributed by atoms with E-state index in [9.17, 15) is 8.42 Å². The molecule has 1 heterocycles. The fraction of sp³-hybridized carbons (Fsp3) is 0.286. The minimum absolute atomic E-state index is 0.247. The van der Waals surface area contributed by atoms with Gasteiger partial charge in [-0.2, -0.15) is 0 Å². The molecule has 0 aliphatic carbocycles. The fourth-order valence-electron chi connectivity index (χ4n) is 1.95. The Bertz CT molecular complexity index is 712. The Morgan fingerprint density at radius 3 is 2.76 bits per heavy atom. The molecule has 0 atom stereocenters. The van der Waals surface area contributed by atoms with Crippen molar-refractivity contribution < 1.29 is 12.8 Å². The Morgan fingerprint density at radius 1 is 1.38 bits per heavy atom. The molecule has 0 aliphatic rings. The molecule has 2 aromatic rings. The third kappa shape index (κ3) is 3.94. The second-order valence-electron chi connectivity index (χ2n) is 4.63. The Balaban J connectivity index is 2.17. The highest BCUT2D eigenvalue weighted by Gasteiger charge is 2.19. The topological polar surface area (TPSA) is 85.3 Å². The summed E-state index contributed by atoms with van der Waals surface area (Å²) in [6.07, 6.45) is 2.07. The zero-order valence-electron chi connectivity index (χ0n) is 11.6. The van der Waals surface area contributed by atoms with Crippen molar-refractivity contribution in [2.75, 3.05) is 6.54 Å². The summed E-state index contributed by atoms with van der Waals surface area (Å²) in [4.78, 5) is 0.247. The van der Waals surface area contributed by atoms with Crippen molar-refractivity contribution in [2.45, 2.75) is 24.8 Å². The number of benzene rings is 1. The van der Waals surface area contributed by atoms with Crippen LogP contribution in [-0.4, -0.2) is 15.0 Å². The summed E-state index contributed by atoms with van der Waals surface area (Å²) < 4.78 is 33.3. The highest BCUT2D eigenvalue weighted by atomic mass is 79.9. The fourth-order valence-corrected chi connectivity index (χ4v) is 3.93. The van der Waals surface area contributed by atoms with Crippen molar-refractivity contribution in [2.24, 2.45) is 5.73 Å². The maximum absolute atomic E-state index is 12.4. The van der Waals surface area contributed by atoms with Gasteiger partial charge in [-0.3, -0.25) is 0 Å². The second kappa shape index (κ2) is 6.74. The predicted octanol–water partition coefficient (Wildman–Crippen LogP) is 2.33. The van der Waals surface area contributed by atoms with Crippen LogP contribution in [-0.2, 0) is 23.0 Å². The molecule has 0 saturated heterocycles. The van der Waals surface area contributed by atoms with Gasteiger partial charge in [-0.05, 0) is 42.3 Å². The molecule has 1 aromatic heterocycles. The van der Waals surface area contributed by atoms with E-state index >= 15 is 0 Å². The van der Waals surface area contributed by atoms with Crippen LogP contribution in [0.3, 0.4) is 0 Å². The predicted molar refractivity (Wildman–Crippen MR) is 84.4 cm³/mol. The first-order valence-corrected chi connectivity index (χ1v) is 8.73. The van der Waals surface area contributed by atoms with Crippen LogP contribution in [0.2, 0.25) is 0 Å². The molecule has 2 rings (SSSR count). The molecule has 5 nitrogen and oxygen atoms in total. The van der Waals surface area contributed by atoms with Crippen molar-refractivity contribution in [3.8, 4) is 0 Å². The first kappa shape index (κ1) is 16.2. The molecule has 21 heavy (non-hydrogen) atoms. The number of nitrogens with two attached hydrogens (primary N) is 1. The summed E-state index contributed by atoms with van der Waals surface area (Å²) in [5, 5.41) is 0. The molecule has 0 unspecified atom stereocenters. The van der Waals surface area contributed by atoms with Crippen LogP contribution in [0.25, 0.3) is 0 Å². The van der Waals surface area contributed by atoms with E-state index in [-0.39, 0.29) is 18.0 Å². The lowest BCUT2D eigenvalue weighted by atomic mass is 10.1. The molecule has 3 N–H and O–H groups in total. The van der Waals surface area contributed by atoms with Crippen molar-refractivity contribution in [1.29, 1.82) is 0 Å². The SMILES string of the molecule is Cc1c(Br)cc(CN)cc1S(=O)(=O)NCCc1ccco1. The molecular weight excluding hydrogens is 356 g/mol. The van der Waals surface area contributed by atoms with Gasteiger partial charge in [-0.15, -0.1) is 0 Å². The van der Waals surface area contributed by atoms with E-state index in [4.69, 9.17) is 10.2 Å². The van der Waals surface area contributed by atoms with Crippen LogP contribution in [0.5, 0.6) is 0 Å². The van der Waals surface area contributed by atoms with Crippen LogP contribution in [0.4, 0.5) is 0 Å². The van der Waals surface area contributed by atoms with Crippen LogP contribution in [0, 0.1) is 6.92 Å². The Morgan fingerprint density at radius 2 is 2.14 bits per heavy atom. The molecule has 0 saturated carbocycles. The summed E-state index contributed by atoms with van der Waals surface area (Å²) >= 11 is 3.37. The summed E-state index contributed by atoms with van der Waals surface area (Å²) in [5.41, 5.74) is 7.02. The number of furan rings is 1. The third-order valence-corrected chi connectivity index (χ3v) is 5.54. The van der Waals surface area contributed by atoms with Crippen molar-refractivity contribution in [3.63, 3.8) is 0 Å². The normalized spacial score (nSPS) is 11.8. The van der Waals surface area contributed by atoms with Crippen molar-refractivity contribution in [3.05, 3.63) is 51.9 Å². The molecule has 0 radical (unpaired) electrons. The van der Waals surface area contributed by atoms with E-state index in [1.54, 1.807) is 25.3 Å². The monoisotopic (exact) mass is 372 g/mol.